The number of anilines is 1. The van der Waals surface area contributed by atoms with Gasteiger partial charge in [-0.05, 0) is 91.7 Å². The van der Waals surface area contributed by atoms with Crippen LogP contribution in [-0.2, 0) is 72.8 Å². The third-order valence-electron chi connectivity index (χ3n) is 12.4. The summed E-state index contributed by atoms with van der Waals surface area (Å²) < 4.78 is 15.1. The minimum atomic E-state index is -0.702. The number of amides is 5. The van der Waals surface area contributed by atoms with E-state index >= 15 is 0 Å². The number of nitrogens with one attached hydrogen (secondary N) is 2. The number of aryl methyl sites for hydroxylation is 4. The van der Waals surface area contributed by atoms with E-state index < -0.39 is 29.9 Å². The lowest BCUT2D eigenvalue weighted by Gasteiger charge is -2.28. The summed E-state index contributed by atoms with van der Waals surface area (Å²) in [5, 5.41) is 5.44. The van der Waals surface area contributed by atoms with Crippen molar-refractivity contribution >= 4 is 46.3 Å². The Labute approximate surface area is 356 Å². The minimum Gasteiger partial charge on any atom is -0.381 e. The van der Waals surface area contributed by atoms with Gasteiger partial charge < -0.3 is 20.5 Å². The molecule has 4 heterocycles. The van der Waals surface area contributed by atoms with Crippen LogP contribution in [0.3, 0.4) is 0 Å². The first-order valence-corrected chi connectivity index (χ1v) is 21.8. The van der Waals surface area contributed by atoms with Gasteiger partial charge in [0.1, 0.15) is 12.1 Å². The van der Waals surface area contributed by atoms with E-state index in [-0.39, 0.29) is 48.8 Å². The highest BCUT2D eigenvalue weighted by Crippen LogP contribution is 2.40. The number of nitrogens with zero attached hydrogens (tertiary/aromatic N) is 3. The molecule has 1 saturated heterocycles. The quantitative estimate of drug-likeness (QED) is 0.0860. The predicted molar refractivity (Wildman–Crippen MR) is 231 cm³/mol. The zero-order chi connectivity index (χ0) is 43.0. The van der Waals surface area contributed by atoms with Gasteiger partial charge in [0.2, 0.25) is 29.5 Å². The van der Waals surface area contributed by atoms with E-state index in [1.54, 1.807) is 16.5 Å². The molecule has 0 aliphatic carbocycles. The summed E-state index contributed by atoms with van der Waals surface area (Å²) in [4.78, 5) is 78.0. The molecule has 3 aliphatic heterocycles. The molecule has 0 saturated carbocycles. The molecule has 1 aromatic heterocycles. The molecule has 0 radical (unpaired) electrons. The van der Waals surface area contributed by atoms with Crippen molar-refractivity contribution in [2.24, 2.45) is 18.7 Å². The van der Waals surface area contributed by atoms with Gasteiger partial charge in [0.15, 0.2) is 0 Å². The lowest BCUT2D eigenvalue weighted by atomic mass is 9.99. The second-order valence-corrected chi connectivity index (χ2v) is 16.8. The number of hydrogen-bond acceptors (Lipinski definition) is 8. The van der Waals surface area contributed by atoms with E-state index in [1.807, 2.05) is 43.3 Å². The number of hydrogen-bond donors (Lipinski definition) is 3. The van der Waals surface area contributed by atoms with E-state index in [1.165, 1.54) is 10.1 Å². The van der Waals surface area contributed by atoms with Crippen LogP contribution in [0.1, 0.15) is 98.6 Å². The number of nitrogens with two attached hydrogens (primary N) is 1. The smallest absolute Gasteiger partial charge is 0.329 e. The van der Waals surface area contributed by atoms with Gasteiger partial charge in [0, 0.05) is 45.4 Å². The van der Waals surface area contributed by atoms with Gasteiger partial charge in [-0.3, -0.25) is 43.3 Å². The van der Waals surface area contributed by atoms with Crippen LogP contribution in [0.4, 0.5) is 5.69 Å². The van der Waals surface area contributed by atoms with Gasteiger partial charge >= 0.3 is 5.69 Å². The number of ether oxygens (including phenoxy) is 2. The normalized spacial score (nSPS) is 19.1. The summed E-state index contributed by atoms with van der Waals surface area (Å²) in [5.74, 6) is -1.65. The highest BCUT2D eigenvalue weighted by atomic mass is 16.5. The molecule has 14 heteroatoms. The van der Waals surface area contributed by atoms with Crippen molar-refractivity contribution in [1.29, 1.82) is 0 Å². The van der Waals surface area contributed by atoms with Crippen molar-refractivity contribution in [2.75, 3.05) is 24.7 Å². The number of benzene rings is 3. The Kier molecular flexibility index (Phi) is 14.2. The molecule has 4 atom stereocenters. The van der Waals surface area contributed by atoms with Crippen molar-refractivity contribution < 1.29 is 33.4 Å². The molecule has 4 aromatic rings. The highest BCUT2D eigenvalue weighted by molar-refractivity contribution is 6.05. The molecule has 14 nitrogen and oxygen atoms in total. The van der Waals surface area contributed by atoms with E-state index in [2.05, 4.69) is 34.9 Å². The number of imidazole rings is 1. The second-order valence-electron chi connectivity index (χ2n) is 16.8. The molecule has 4 N–H and O–H groups in total. The Hall–Kier alpha value is -5.60. The van der Waals surface area contributed by atoms with E-state index in [0.29, 0.717) is 44.6 Å². The molecular weight excluding hydrogens is 777 g/mol. The van der Waals surface area contributed by atoms with Crippen LogP contribution in [0.25, 0.3) is 11.0 Å². The van der Waals surface area contributed by atoms with Gasteiger partial charge in [0.25, 0.3) is 0 Å². The zero-order valence-corrected chi connectivity index (χ0v) is 35.3. The largest absolute Gasteiger partial charge is 0.381 e. The van der Waals surface area contributed by atoms with Crippen molar-refractivity contribution in [3.8, 4) is 0 Å². The maximum Gasteiger partial charge on any atom is 0.329 e. The zero-order valence-electron chi connectivity index (χ0n) is 35.3. The number of primary amides is 1. The number of carbonyl (C=O) groups excluding carboxylic acids is 5. The first-order valence-electron chi connectivity index (χ1n) is 21.8. The van der Waals surface area contributed by atoms with Crippen LogP contribution in [-0.4, -0.2) is 70.6 Å². The third-order valence-corrected chi connectivity index (χ3v) is 12.4. The average Bonchev–Trinajstić information content (AvgIpc) is 3.72. The molecule has 61 heavy (non-hydrogen) atoms. The van der Waals surface area contributed by atoms with Crippen molar-refractivity contribution in [3.63, 3.8) is 0 Å². The lowest BCUT2D eigenvalue weighted by Crippen LogP contribution is -2.52. The lowest BCUT2D eigenvalue weighted by molar-refractivity contribution is -0.135. The first kappa shape index (κ1) is 43.5. The number of unbranched alkanes of at least 4 members (excludes halogenated alkanes) is 2. The SMILES string of the molecule is CC1CCc2cccc3c2N(C1=O)[C@H](C(=O)N[C@@H](CCC(N)=O)COCc1ccc(CCCCCOCCCc2cccc4c2n(C)c(=O)n4C2CCC(=O)NC2=O)cc1)C3. The Morgan fingerprint density at radius 1 is 0.869 bits per heavy atom. The number of aromatic nitrogens is 2. The summed E-state index contributed by atoms with van der Waals surface area (Å²) >= 11 is 0. The van der Waals surface area contributed by atoms with Crippen molar-refractivity contribution in [3.05, 3.63) is 99.0 Å². The molecule has 7 rings (SSSR count). The van der Waals surface area contributed by atoms with Crippen LogP contribution in [0.2, 0.25) is 0 Å². The Morgan fingerprint density at radius 3 is 2.41 bits per heavy atom. The van der Waals surface area contributed by atoms with Crippen LogP contribution in [0, 0.1) is 5.92 Å². The maximum atomic E-state index is 13.7. The molecule has 0 bridgehead atoms. The van der Waals surface area contributed by atoms with E-state index in [4.69, 9.17) is 15.2 Å². The van der Waals surface area contributed by atoms with Crippen LogP contribution in [0.5, 0.6) is 0 Å². The summed E-state index contributed by atoms with van der Waals surface area (Å²) in [7, 11) is 1.72. The fourth-order valence-electron chi connectivity index (χ4n) is 9.04. The number of fused-ring (bicyclic) bond motifs is 1. The van der Waals surface area contributed by atoms with Gasteiger partial charge in [-0.15, -0.1) is 0 Å². The Morgan fingerprint density at radius 2 is 1.62 bits per heavy atom. The van der Waals surface area contributed by atoms with E-state index in [0.717, 1.165) is 84.8 Å². The number of piperidine rings is 1. The van der Waals surface area contributed by atoms with Gasteiger partial charge in [-0.1, -0.05) is 67.9 Å². The topological polar surface area (TPSA) is 184 Å². The molecule has 3 aliphatic rings. The molecule has 324 valence electrons. The van der Waals surface area contributed by atoms with Gasteiger partial charge in [-0.2, -0.15) is 0 Å². The Bertz CT molecular complexity index is 2320. The average molecular weight is 835 g/mol. The molecule has 5 amide bonds. The number of carbonyl (C=O) groups is 5. The molecule has 0 spiro atoms. The molecule has 1 fully saturated rings. The van der Waals surface area contributed by atoms with Crippen molar-refractivity contribution in [2.45, 2.75) is 115 Å². The fraction of sp³-hybridized carbons (Fsp3) is 0.489. The summed E-state index contributed by atoms with van der Waals surface area (Å²) in [5.41, 5.74) is 13.0. The van der Waals surface area contributed by atoms with Crippen LogP contribution in [0.15, 0.2) is 65.5 Å². The standard InChI is InChI=1S/C47H58N6O8/c1-30-15-20-34-10-6-12-35-27-39(53(42(34)35)46(30)58)45(57)49-36(21-23-40(48)54)29-61-28-32-18-16-31(17-19-32)9-4-3-5-25-60-26-8-13-33-11-7-14-37-43(33)51(2)47(59)52(37)38-22-24-41(55)50-44(38)56/h6-7,10-12,14,16-19,30,36,38-39H,3-5,8-9,13,15,20-29H2,1-2H3,(H2,48,54)(H,49,57)(H,50,55,56)/t30?,36-,38?,39-/m0/s1. The third kappa shape index (κ3) is 10.1. The molecule has 2 unspecified atom stereocenters. The van der Waals surface area contributed by atoms with E-state index in [9.17, 15) is 28.8 Å². The second kappa shape index (κ2) is 19.9. The fourth-order valence-corrected chi connectivity index (χ4v) is 9.04. The monoisotopic (exact) mass is 834 g/mol. The van der Waals surface area contributed by atoms with Gasteiger partial charge in [0.05, 0.1) is 36.0 Å². The predicted octanol–water partition coefficient (Wildman–Crippen LogP) is 4.49. The van der Waals surface area contributed by atoms with Gasteiger partial charge in [-0.25, -0.2) is 4.79 Å². The Balaban J connectivity index is 0.804. The van der Waals surface area contributed by atoms with Crippen molar-refractivity contribution in [1.82, 2.24) is 19.8 Å². The molecule has 3 aromatic carbocycles. The number of imide groups is 1. The summed E-state index contributed by atoms with van der Waals surface area (Å²) in [6.07, 6.45) is 8.48. The maximum absolute atomic E-state index is 13.7. The number of rotatable bonds is 20. The number of para-hydroxylation sites is 2. The summed E-state index contributed by atoms with van der Waals surface area (Å²) in [6, 6.07) is 18.3. The van der Waals surface area contributed by atoms with Crippen LogP contribution >= 0.6 is 0 Å². The highest BCUT2D eigenvalue weighted by Gasteiger charge is 2.43. The summed E-state index contributed by atoms with van der Waals surface area (Å²) in [6.45, 7) is 3.76. The first-order chi connectivity index (χ1) is 29.5. The minimum absolute atomic E-state index is 0.0277. The molecular formula is C47H58N6O8. The van der Waals surface area contributed by atoms with Crippen LogP contribution < -0.4 is 27.0 Å².